The van der Waals surface area contributed by atoms with Crippen molar-refractivity contribution >= 4 is 0 Å². The Morgan fingerprint density at radius 3 is 3.23 bits per heavy atom. The van der Waals surface area contributed by atoms with Gasteiger partial charge in [0.2, 0.25) is 0 Å². The van der Waals surface area contributed by atoms with Crippen molar-refractivity contribution in [2.24, 2.45) is 5.92 Å². The Labute approximate surface area is 78.1 Å². The van der Waals surface area contributed by atoms with Crippen LogP contribution in [0.25, 0.3) is 0 Å². The van der Waals surface area contributed by atoms with E-state index in [0.717, 1.165) is 5.75 Å². The molecule has 0 bridgehead atoms. The fraction of sp³-hybridized carbons (Fsp3) is 0.500. The summed E-state index contributed by atoms with van der Waals surface area (Å²) in [5.41, 5.74) is 1.17. The number of fused-ring (bicyclic) bond motifs is 1. The van der Waals surface area contributed by atoms with Gasteiger partial charge in [0, 0.05) is 24.0 Å². The Bertz CT molecular complexity index is 299. The molecule has 0 amide bonds. The molecule has 1 aromatic rings. The van der Waals surface area contributed by atoms with Crippen LogP contribution in [0.1, 0.15) is 25.5 Å². The van der Waals surface area contributed by atoms with Gasteiger partial charge in [-0.15, -0.1) is 0 Å². The van der Waals surface area contributed by atoms with E-state index in [1.165, 1.54) is 5.56 Å². The Morgan fingerprint density at radius 1 is 1.62 bits per heavy atom. The summed E-state index contributed by atoms with van der Waals surface area (Å²) in [6.45, 7) is 4.99. The van der Waals surface area contributed by atoms with Crippen LogP contribution in [-0.4, -0.2) is 11.7 Å². The summed E-state index contributed by atoms with van der Waals surface area (Å²) in [4.78, 5) is 4.11. The second-order valence-corrected chi connectivity index (χ2v) is 3.63. The molecule has 0 fully saturated rings. The number of nitrogens with zero attached hydrogens (tertiary/aromatic N) is 1. The Kier molecular flexibility index (Phi) is 2.19. The summed E-state index contributed by atoms with van der Waals surface area (Å²) in [7, 11) is 0. The van der Waals surface area contributed by atoms with Crippen molar-refractivity contribution in [3.63, 3.8) is 0 Å². The highest BCUT2D eigenvalue weighted by Crippen LogP contribution is 2.31. The number of aromatic nitrogens is 1. The summed E-state index contributed by atoms with van der Waals surface area (Å²) >= 11 is 0. The predicted octanol–water partition coefficient (Wildman–Crippen LogP) is 1.72. The smallest absolute Gasteiger partial charge is 0.140 e. The van der Waals surface area contributed by atoms with E-state index in [-0.39, 0.29) is 0 Å². The van der Waals surface area contributed by atoms with Gasteiger partial charge in [0.1, 0.15) is 12.5 Å². The molecule has 0 saturated carbocycles. The highest BCUT2D eigenvalue weighted by Gasteiger charge is 2.23. The van der Waals surface area contributed by atoms with Crippen molar-refractivity contribution in [2.75, 3.05) is 6.73 Å². The zero-order valence-electron chi connectivity index (χ0n) is 7.95. The number of ether oxygens (including phenoxy) is 1. The van der Waals surface area contributed by atoms with Gasteiger partial charge in [-0.3, -0.25) is 10.3 Å². The van der Waals surface area contributed by atoms with Crippen molar-refractivity contribution in [3.05, 3.63) is 24.0 Å². The fourth-order valence-electron chi connectivity index (χ4n) is 1.67. The zero-order chi connectivity index (χ0) is 9.26. The van der Waals surface area contributed by atoms with Gasteiger partial charge < -0.3 is 4.74 Å². The molecule has 0 aliphatic carbocycles. The van der Waals surface area contributed by atoms with Crippen molar-refractivity contribution in [2.45, 2.75) is 19.9 Å². The number of hydrogen-bond donors (Lipinski definition) is 1. The standard InChI is InChI=1S/C10H14N2O/c1-7(2)10-8-5-11-4-3-9(8)13-6-12-10/h3-5,7,10,12H,6H2,1-2H3. The lowest BCUT2D eigenvalue weighted by molar-refractivity contribution is 0.208. The average molecular weight is 178 g/mol. The van der Waals surface area contributed by atoms with Gasteiger partial charge in [0.05, 0.1) is 0 Å². The molecule has 2 heterocycles. The van der Waals surface area contributed by atoms with E-state index in [0.29, 0.717) is 18.7 Å². The van der Waals surface area contributed by atoms with E-state index in [1.807, 2.05) is 12.3 Å². The lowest BCUT2D eigenvalue weighted by Gasteiger charge is -2.29. The third-order valence-electron chi connectivity index (χ3n) is 2.34. The maximum Gasteiger partial charge on any atom is 0.140 e. The minimum absolute atomic E-state index is 0.373. The molecular formula is C10H14N2O. The van der Waals surface area contributed by atoms with E-state index in [1.54, 1.807) is 6.20 Å². The van der Waals surface area contributed by atoms with Gasteiger partial charge in [0.15, 0.2) is 0 Å². The van der Waals surface area contributed by atoms with E-state index >= 15 is 0 Å². The van der Waals surface area contributed by atoms with E-state index in [2.05, 4.69) is 24.1 Å². The molecule has 70 valence electrons. The third kappa shape index (κ3) is 1.52. The molecule has 0 spiro atoms. The van der Waals surface area contributed by atoms with Crippen LogP contribution in [0.15, 0.2) is 18.5 Å². The van der Waals surface area contributed by atoms with Crippen molar-refractivity contribution < 1.29 is 4.74 Å². The van der Waals surface area contributed by atoms with Gasteiger partial charge in [-0.25, -0.2) is 0 Å². The van der Waals surface area contributed by atoms with Gasteiger partial charge >= 0.3 is 0 Å². The van der Waals surface area contributed by atoms with Gasteiger partial charge in [-0.05, 0) is 12.0 Å². The average Bonchev–Trinajstić information content (AvgIpc) is 2.17. The van der Waals surface area contributed by atoms with Crippen molar-refractivity contribution in [1.29, 1.82) is 0 Å². The second kappa shape index (κ2) is 3.34. The molecule has 1 N–H and O–H groups in total. The molecule has 1 aliphatic rings. The molecule has 2 rings (SSSR count). The number of pyridine rings is 1. The van der Waals surface area contributed by atoms with Crippen LogP contribution < -0.4 is 10.1 Å². The monoisotopic (exact) mass is 178 g/mol. The lowest BCUT2D eigenvalue weighted by Crippen LogP contribution is -2.34. The molecule has 1 aromatic heterocycles. The molecule has 1 aliphatic heterocycles. The minimum Gasteiger partial charge on any atom is -0.478 e. The van der Waals surface area contributed by atoms with Crippen LogP contribution in [0, 0.1) is 5.92 Å². The van der Waals surface area contributed by atoms with Crippen LogP contribution in [-0.2, 0) is 0 Å². The van der Waals surface area contributed by atoms with Crippen LogP contribution in [0.4, 0.5) is 0 Å². The Hall–Kier alpha value is -1.09. The molecule has 0 radical (unpaired) electrons. The summed E-state index contributed by atoms with van der Waals surface area (Å²) in [5, 5.41) is 3.31. The quantitative estimate of drug-likeness (QED) is 0.711. The molecule has 13 heavy (non-hydrogen) atoms. The predicted molar refractivity (Wildman–Crippen MR) is 50.4 cm³/mol. The molecule has 1 atom stereocenters. The van der Waals surface area contributed by atoms with Crippen molar-refractivity contribution in [1.82, 2.24) is 10.3 Å². The minimum atomic E-state index is 0.373. The fourth-order valence-corrected chi connectivity index (χ4v) is 1.67. The van der Waals surface area contributed by atoms with Crippen LogP contribution in [0.3, 0.4) is 0 Å². The molecule has 1 unspecified atom stereocenters. The van der Waals surface area contributed by atoms with Crippen LogP contribution in [0.5, 0.6) is 5.75 Å². The number of nitrogens with one attached hydrogen (secondary N) is 1. The van der Waals surface area contributed by atoms with Gasteiger partial charge in [0.25, 0.3) is 0 Å². The Balaban J connectivity index is 2.37. The van der Waals surface area contributed by atoms with E-state index in [4.69, 9.17) is 4.74 Å². The third-order valence-corrected chi connectivity index (χ3v) is 2.34. The highest BCUT2D eigenvalue weighted by molar-refractivity contribution is 5.34. The van der Waals surface area contributed by atoms with Crippen LogP contribution in [0.2, 0.25) is 0 Å². The highest BCUT2D eigenvalue weighted by atomic mass is 16.5. The molecular weight excluding hydrogens is 164 g/mol. The summed E-state index contributed by atoms with van der Waals surface area (Å²) < 4.78 is 5.45. The van der Waals surface area contributed by atoms with Gasteiger partial charge in [-0.2, -0.15) is 0 Å². The first-order valence-corrected chi connectivity index (χ1v) is 4.59. The second-order valence-electron chi connectivity index (χ2n) is 3.63. The maximum atomic E-state index is 5.45. The maximum absolute atomic E-state index is 5.45. The van der Waals surface area contributed by atoms with Gasteiger partial charge in [-0.1, -0.05) is 13.8 Å². The summed E-state index contributed by atoms with van der Waals surface area (Å²) in [6, 6.07) is 2.29. The van der Waals surface area contributed by atoms with E-state index in [9.17, 15) is 0 Å². The summed E-state index contributed by atoms with van der Waals surface area (Å²) in [5.74, 6) is 1.53. The normalized spacial score (nSPS) is 21.0. The largest absolute Gasteiger partial charge is 0.478 e. The molecule has 3 nitrogen and oxygen atoms in total. The molecule has 3 heteroatoms. The lowest BCUT2D eigenvalue weighted by atomic mass is 9.96. The summed E-state index contributed by atoms with van der Waals surface area (Å²) in [6.07, 6.45) is 3.65. The first-order valence-electron chi connectivity index (χ1n) is 4.59. The number of rotatable bonds is 1. The first-order chi connectivity index (χ1) is 6.29. The van der Waals surface area contributed by atoms with E-state index < -0.39 is 0 Å². The molecule has 0 saturated heterocycles. The van der Waals surface area contributed by atoms with Crippen LogP contribution >= 0.6 is 0 Å². The first kappa shape index (κ1) is 8.51. The molecule has 0 aromatic carbocycles. The van der Waals surface area contributed by atoms with Crippen molar-refractivity contribution in [3.8, 4) is 5.75 Å². The zero-order valence-corrected chi connectivity index (χ0v) is 7.95. The SMILES string of the molecule is CC(C)C1NCOc2ccncc21. The number of hydrogen-bond acceptors (Lipinski definition) is 3. The topological polar surface area (TPSA) is 34.1 Å². The Morgan fingerprint density at radius 2 is 2.46 bits per heavy atom.